The maximum absolute atomic E-state index is 10.7. The Labute approximate surface area is 117 Å². The summed E-state index contributed by atoms with van der Waals surface area (Å²) in [5, 5.41) is 3.05. The molecule has 0 saturated carbocycles. The van der Waals surface area contributed by atoms with Gasteiger partial charge in [-0.25, -0.2) is 5.84 Å². The molecular formula is C11H20N8O. The smallest absolute Gasteiger partial charge is 0.243 e. The van der Waals surface area contributed by atoms with Crippen LogP contribution < -0.4 is 27.2 Å². The van der Waals surface area contributed by atoms with Gasteiger partial charge in [-0.2, -0.15) is 15.0 Å². The summed E-state index contributed by atoms with van der Waals surface area (Å²) >= 11 is 0. The van der Waals surface area contributed by atoms with E-state index in [1.54, 1.807) is 0 Å². The Morgan fingerprint density at radius 1 is 1.20 bits per heavy atom. The van der Waals surface area contributed by atoms with Crippen LogP contribution in [0.25, 0.3) is 0 Å². The molecule has 1 aromatic heterocycles. The van der Waals surface area contributed by atoms with Crippen molar-refractivity contribution in [2.24, 2.45) is 11.6 Å². The molecule has 0 bridgehead atoms. The minimum Gasteiger partial charge on any atom is -0.370 e. The number of nitrogens with one attached hydrogen (secondary N) is 2. The third-order valence-corrected chi connectivity index (χ3v) is 3.02. The molecule has 1 aromatic rings. The quantitative estimate of drug-likeness (QED) is 0.296. The molecule has 6 N–H and O–H groups in total. The molecule has 2 rings (SSSR count). The Balaban J connectivity index is 1.99. The third-order valence-electron chi connectivity index (χ3n) is 3.02. The lowest BCUT2D eigenvalue weighted by Crippen LogP contribution is -2.23. The van der Waals surface area contributed by atoms with Gasteiger partial charge in [0.15, 0.2) is 0 Å². The minimum absolute atomic E-state index is 0.315. The number of amides is 1. The number of anilines is 3. The van der Waals surface area contributed by atoms with E-state index < -0.39 is 0 Å². The van der Waals surface area contributed by atoms with E-state index in [4.69, 9.17) is 11.6 Å². The maximum Gasteiger partial charge on any atom is 0.243 e. The Hall–Kier alpha value is -2.16. The van der Waals surface area contributed by atoms with Crippen LogP contribution in [0.3, 0.4) is 0 Å². The molecule has 0 spiro atoms. The van der Waals surface area contributed by atoms with Crippen LogP contribution in [-0.4, -0.2) is 40.5 Å². The highest BCUT2D eigenvalue weighted by Crippen LogP contribution is 2.18. The van der Waals surface area contributed by atoms with E-state index in [-0.39, 0.29) is 5.91 Å². The van der Waals surface area contributed by atoms with Crippen LogP contribution in [-0.2, 0) is 4.79 Å². The largest absolute Gasteiger partial charge is 0.370 e. The highest BCUT2D eigenvalue weighted by molar-refractivity contribution is 5.73. The second-order valence-electron chi connectivity index (χ2n) is 4.62. The molecule has 9 nitrogen and oxygen atoms in total. The Bertz CT molecular complexity index is 460. The summed E-state index contributed by atoms with van der Waals surface area (Å²) in [5.41, 5.74) is 7.52. The van der Waals surface area contributed by atoms with E-state index in [9.17, 15) is 4.79 Å². The molecule has 1 amide bonds. The average molecular weight is 280 g/mol. The summed E-state index contributed by atoms with van der Waals surface area (Å²) in [6.07, 6.45) is 3.24. The number of nitrogens with zero attached hydrogens (tertiary/aromatic N) is 4. The Kier molecular flexibility index (Phi) is 4.88. The highest BCUT2D eigenvalue weighted by Gasteiger charge is 2.17. The van der Waals surface area contributed by atoms with Crippen LogP contribution in [0.1, 0.15) is 25.7 Å². The zero-order valence-electron chi connectivity index (χ0n) is 11.3. The highest BCUT2D eigenvalue weighted by atomic mass is 16.1. The normalized spacial score (nSPS) is 14.3. The van der Waals surface area contributed by atoms with Gasteiger partial charge in [-0.3, -0.25) is 10.2 Å². The fourth-order valence-electron chi connectivity index (χ4n) is 2.03. The maximum atomic E-state index is 10.7. The summed E-state index contributed by atoms with van der Waals surface area (Å²) in [7, 11) is 0. The van der Waals surface area contributed by atoms with Crippen LogP contribution in [0, 0.1) is 0 Å². The molecule has 0 radical (unpaired) electrons. The van der Waals surface area contributed by atoms with Gasteiger partial charge in [-0.05, 0) is 19.3 Å². The molecule has 0 atom stereocenters. The number of carbonyl (C=O) groups excluding carboxylic acids is 1. The molecule has 2 heterocycles. The molecule has 0 unspecified atom stereocenters. The first kappa shape index (κ1) is 14.3. The number of hydrogen-bond acceptors (Lipinski definition) is 8. The van der Waals surface area contributed by atoms with Crippen molar-refractivity contribution in [2.45, 2.75) is 25.7 Å². The van der Waals surface area contributed by atoms with Crippen LogP contribution in [0.15, 0.2) is 0 Å². The van der Waals surface area contributed by atoms with Crippen molar-refractivity contribution >= 4 is 23.8 Å². The zero-order chi connectivity index (χ0) is 14.4. The van der Waals surface area contributed by atoms with Gasteiger partial charge < -0.3 is 16.0 Å². The summed E-state index contributed by atoms with van der Waals surface area (Å²) in [4.78, 5) is 25.5. The molecule has 20 heavy (non-hydrogen) atoms. The molecule has 1 aliphatic rings. The van der Waals surface area contributed by atoms with Crippen LogP contribution in [0.2, 0.25) is 0 Å². The monoisotopic (exact) mass is 280 g/mol. The van der Waals surface area contributed by atoms with Crippen molar-refractivity contribution in [1.82, 2.24) is 15.0 Å². The predicted octanol–water partition coefficient (Wildman–Crippen LogP) is -0.565. The van der Waals surface area contributed by atoms with Crippen LogP contribution in [0.4, 0.5) is 17.8 Å². The molecule has 110 valence electrons. The molecule has 1 aliphatic heterocycles. The van der Waals surface area contributed by atoms with E-state index in [0.717, 1.165) is 25.9 Å². The van der Waals surface area contributed by atoms with Gasteiger partial charge in [0, 0.05) is 26.1 Å². The fourth-order valence-corrected chi connectivity index (χ4v) is 2.03. The van der Waals surface area contributed by atoms with Crippen molar-refractivity contribution in [3.05, 3.63) is 0 Å². The first-order chi connectivity index (χ1) is 9.69. The molecule has 0 aromatic carbocycles. The van der Waals surface area contributed by atoms with Crippen LogP contribution in [0.5, 0.6) is 0 Å². The summed E-state index contributed by atoms with van der Waals surface area (Å²) in [6, 6.07) is 0. The van der Waals surface area contributed by atoms with Crippen molar-refractivity contribution in [2.75, 3.05) is 35.3 Å². The number of nitrogens with two attached hydrogens (primary N) is 2. The van der Waals surface area contributed by atoms with E-state index in [2.05, 4.69) is 30.6 Å². The number of primary amides is 1. The van der Waals surface area contributed by atoms with Gasteiger partial charge in [0.2, 0.25) is 23.8 Å². The molecule has 1 fully saturated rings. The van der Waals surface area contributed by atoms with Gasteiger partial charge in [0.25, 0.3) is 0 Å². The van der Waals surface area contributed by atoms with Crippen molar-refractivity contribution in [3.8, 4) is 0 Å². The standard InChI is InChI=1S/C11H20N8O/c12-8(20)4-3-5-14-9-15-10(18-13)17-11(16-9)19-6-1-2-7-19/h1-7,13H2,(H2,12,20)(H2,14,15,16,17,18). The van der Waals surface area contributed by atoms with Gasteiger partial charge in [0.1, 0.15) is 0 Å². The first-order valence-corrected chi connectivity index (χ1v) is 6.69. The minimum atomic E-state index is -0.315. The Morgan fingerprint density at radius 2 is 1.90 bits per heavy atom. The topological polar surface area (TPSA) is 135 Å². The SMILES string of the molecule is NNc1nc(NCCCC(N)=O)nc(N2CCCC2)n1. The number of rotatable bonds is 7. The second kappa shape index (κ2) is 6.85. The summed E-state index contributed by atoms with van der Waals surface area (Å²) in [5.74, 6) is 6.43. The lowest BCUT2D eigenvalue weighted by atomic mass is 10.3. The van der Waals surface area contributed by atoms with Gasteiger partial charge in [0.05, 0.1) is 0 Å². The van der Waals surface area contributed by atoms with Gasteiger partial charge in [-0.15, -0.1) is 0 Å². The van der Waals surface area contributed by atoms with Crippen molar-refractivity contribution in [1.29, 1.82) is 0 Å². The fraction of sp³-hybridized carbons (Fsp3) is 0.636. The predicted molar refractivity (Wildman–Crippen MR) is 76.0 cm³/mol. The number of hydrazine groups is 1. The summed E-state index contributed by atoms with van der Waals surface area (Å²) < 4.78 is 0. The van der Waals surface area contributed by atoms with Crippen molar-refractivity contribution < 1.29 is 4.79 Å². The zero-order valence-corrected chi connectivity index (χ0v) is 11.3. The van der Waals surface area contributed by atoms with E-state index in [1.165, 1.54) is 0 Å². The lowest BCUT2D eigenvalue weighted by Gasteiger charge is -2.16. The third kappa shape index (κ3) is 3.92. The van der Waals surface area contributed by atoms with Gasteiger partial charge in [-0.1, -0.05) is 0 Å². The summed E-state index contributed by atoms with van der Waals surface area (Å²) in [6.45, 7) is 2.45. The molecular weight excluding hydrogens is 260 g/mol. The van der Waals surface area contributed by atoms with E-state index in [0.29, 0.717) is 37.2 Å². The number of nitrogen functional groups attached to an aromatic ring is 1. The number of aromatic nitrogens is 3. The van der Waals surface area contributed by atoms with E-state index in [1.807, 2.05) is 0 Å². The van der Waals surface area contributed by atoms with Crippen molar-refractivity contribution in [3.63, 3.8) is 0 Å². The van der Waals surface area contributed by atoms with E-state index >= 15 is 0 Å². The first-order valence-electron chi connectivity index (χ1n) is 6.69. The average Bonchev–Trinajstić information content (AvgIpc) is 2.97. The number of hydrogen-bond donors (Lipinski definition) is 4. The molecule has 1 saturated heterocycles. The van der Waals surface area contributed by atoms with Crippen LogP contribution >= 0.6 is 0 Å². The van der Waals surface area contributed by atoms with Gasteiger partial charge >= 0.3 is 0 Å². The molecule has 0 aliphatic carbocycles. The molecule has 9 heteroatoms. The second-order valence-corrected chi connectivity index (χ2v) is 4.62. The lowest BCUT2D eigenvalue weighted by molar-refractivity contribution is -0.118. The Morgan fingerprint density at radius 3 is 2.55 bits per heavy atom. The number of carbonyl (C=O) groups is 1.